The number of nitrogens with one attached hydrogen (secondary N) is 3. The van der Waals surface area contributed by atoms with Gasteiger partial charge >= 0.3 is 11.9 Å². The summed E-state index contributed by atoms with van der Waals surface area (Å²) in [5, 5.41) is 17.4. The second-order valence-electron chi connectivity index (χ2n) is 18.8. The van der Waals surface area contributed by atoms with Crippen molar-refractivity contribution in [2.75, 3.05) is 61.6 Å². The van der Waals surface area contributed by atoms with Crippen LogP contribution in [0.5, 0.6) is 5.75 Å². The maximum Gasteiger partial charge on any atom is 0.311 e. The third kappa shape index (κ3) is 11.7. The minimum Gasteiger partial charge on any atom is -0.466 e. The molecule has 416 valence electrons. The van der Waals surface area contributed by atoms with Gasteiger partial charge in [0.2, 0.25) is 41.4 Å². The number of esters is 2. The number of aromatic nitrogens is 3. The zero-order valence-corrected chi connectivity index (χ0v) is 44.2. The van der Waals surface area contributed by atoms with Crippen molar-refractivity contribution in [1.29, 1.82) is 1.43 Å². The molecule has 0 unspecified atom stereocenters. The molecule has 5 aromatic carbocycles. The summed E-state index contributed by atoms with van der Waals surface area (Å²) in [5.41, 5.74) is 8.64. The van der Waals surface area contributed by atoms with Gasteiger partial charge in [-0.05, 0) is 116 Å². The predicted octanol–water partition coefficient (Wildman–Crippen LogP) is 11.4. The maximum absolute atomic E-state index is 14.2. The number of unbranched alkanes of at least 4 members (excludes halogenated alkanes) is 3. The number of carbonyl (C=O) groups excluding carboxylic acids is 5. The fourth-order valence-corrected chi connectivity index (χ4v) is 10.5. The van der Waals surface area contributed by atoms with Gasteiger partial charge < -0.3 is 44.6 Å². The summed E-state index contributed by atoms with van der Waals surface area (Å²) < 4.78 is 90.8. The Morgan fingerprint density at radius 3 is 2.08 bits per heavy atom. The fourth-order valence-electron chi connectivity index (χ4n) is 9.66. The number of nitrogens with zero attached hydrogens (tertiary/aromatic N) is 6. The van der Waals surface area contributed by atoms with Gasteiger partial charge in [0.25, 0.3) is 17.7 Å². The molecule has 2 aliphatic rings. The van der Waals surface area contributed by atoms with Gasteiger partial charge in [0, 0.05) is 86.1 Å². The van der Waals surface area contributed by atoms with Crippen molar-refractivity contribution in [3.8, 4) is 5.75 Å². The summed E-state index contributed by atoms with van der Waals surface area (Å²) >= 11 is 1.29. The molecule has 0 saturated carbocycles. The van der Waals surface area contributed by atoms with Crippen molar-refractivity contribution >= 4 is 101 Å². The van der Waals surface area contributed by atoms with Crippen LogP contribution in [0.2, 0.25) is 0 Å². The first-order valence-electron chi connectivity index (χ1n) is 26.7. The van der Waals surface area contributed by atoms with Gasteiger partial charge in [-0.1, -0.05) is 37.5 Å². The number of carbonyl (C=O) groups is 5. The van der Waals surface area contributed by atoms with Gasteiger partial charge in [0.05, 0.1) is 35.4 Å². The Kier molecular flexibility index (Phi) is 16.4. The maximum atomic E-state index is 14.2. The largest absolute Gasteiger partial charge is 0.466 e. The monoisotopic (exact) mass is 1120 g/mol. The van der Waals surface area contributed by atoms with Crippen molar-refractivity contribution in [3.05, 3.63) is 136 Å². The smallest absolute Gasteiger partial charge is 0.311 e. The zero-order valence-electron chi connectivity index (χ0n) is 45.4. The molecule has 0 spiro atoms. The van der Waals surface area contributed by atoms with Gasteiger partial charge in [0.15, 0.2) is 0 Å². The Labute approximate surface area is 461 Å². The third-order valence-electron chi connectivity index (χ3n) is 13.7. The number of rotatable bonds is 19. The van der Waals surface area contributed by atoms with Crippen LogP contribution in [-0.2, 0) is 27.2 Å². The zero-order chi connectivity index (χ0) is 58.2. The Morgan fingerprint density at radius 2 is 1.40 bits per heavy atom. The van der Waals surface area contributed by atoms with E-state index in [2.05, 4.69) is 40.3 Å². The Bertz CT molecular complexity index is 3740. The van der Waals surface area contributed by atoms with Crippen molar-refractivity contribution in [2.45, 2.75) is 64.7 Å². The van der Waals surface area contributed by atoms with E-state index in [-0.39, 0.29) is 24.3 Å². The van der Waals surface area contributed by atoms with Crippen LogP contribution in [0.1, 0.15) is 95.7 Å². The Morgan fingerprint density at radius 1 is 0.775 bits per heavy atom. The lowest BCUT2D eigenvalue weighted by atomic mass is 10.1. The number of aliphatic hydroxyl groups excluding tert-OH is 1. The van der Waals surface area contributed by atoms with Crippen LogP contribution in [0, 0.1) is 29.1 Å². The number of fused-ring (bicyclic) bond motifs is 7. The number of amides is 3. The normalized spacial score (nSPS) is 13.1. The highest BCUT2D eigenvalue weighted by molar-refractivity contribution is 7.21. The SMILES string of the molecule is [2H]CCCCCCNC(=O)c1cc2c3c(ccc2[nH]1)N(C(=O)c1cc2c4c(ccc2[nH]1)N(C(=O)c1ccc2nc(N=Nc5ccc(N(C)CCCOC(=O)CCC(=O)Oc6c(F)c(F)c(F)c(F)c6F)cc5)sc2c1)CC4)CC3.[3H]OC. The molecule has 2 aliphatic heterocycles. The quantitative estimate of drug-likeness (QED) is 0.0114. The number of hydrogen-bond acceptors (Lipinski definition) is 13. The molecule has 0 saturated heterocycles. The Hall–Kier alpha value is -8.57. The standard InChI is InChI=1S/C56H50F5N9O7S.CH4O/c1-3-4-5-6-22-62-53(73)40-28-35-33-21-25-70(43(33)17-14-37(35)63-40)55(75)41-29-36-34-20-24-69(42(34)16-15-38(36)64-41)54(74)30-8-13-39-44(27-30)78-56(65-39)67-66-31-9-11-32(12-10-31)68(2)23-7-26-76-45(71)18-19-46(72)77-52-50(60)48(58)47(57)49(59)51(52)61;1-2/h8-17,27-29,63-64H,3-7,18-26H2,1-2H3,(H,62,73);2H,1H3/i1D;2T. The van der Waals surface area contributed by atoms with Crippen molar-refractivity contribution in [2.24, 2.45) is 10.2 Å². The van der Waals surface area contributed by atoms with E-state index in [0.29, 0.717) is 85.6 Å². The number of aliphatic hydroxyl groups is 1. The van der Waals surface area contributed by atoms with E-state index in [1.165, 1.54) is 18.4 Å². The van der Waals surface area contributed by atoms with E-state index < -0.39 is 59.6 Å². The van der Waals surface area contributed by atoms with Crippen LogP contribution in [0.3, 0.4) is 0 Å². The topological polar surface area (TPSA) is 215 Å². The van der Waals surface area contributed by atoms with Crippen LogP contribution >= 0.6 is 11.3 Å². The molecule has 5 heterocycles. The van der Waals surface area contributed by atoms with E-state index in [9.17, 15) is 45.9 Å². The van der Waals surface area contributed by atoms with Crippen molar-refractivity contribution in [3.63, 3.8) is 0 Å². The number of anilines is 3. The molecular formula is C57H54F5N9O8S. The highest BCUT2D eigenvalue weighted by Gasteiger charge is 2.33. The first-order chi connectivity index (χ1) is 39.6. The summed E-state index contributed by atoms with van der Waals surface area (Å²) in [5.74, 6) is -16.1. The van der Waals surface area contributed by atoms with Gasteiger partial charge in [-0.3, -0.25) is 24.0 Å². The lowest BCUT2D eigenvalue weighted by Crippen LogP contribution is -2.29. The molecule has 8 aromatic rings. The molecule has 0 atom stereocenters. The summed E-state index contributed by atoms with van der Waals surface area (Å²) in [6.07, 6.45) is 4.02. The second kappa shape index (κ2) is 24.6. The molecule has 0 aliphatic carbocycles. The number of azo groups is 1. The number of benzene rings is 5. The van der Waals surface area contributed by atoms with E-state index in [4.69, 9.17) is 7.54 Å². The molecule has 10 rings (SSSR count). The van der Waals surface area contributed by atoms with Gasteiger partial charge in [-0.2, -0.15) is 8.78 Å². The molecule has 4 N–H and O–H groups in total. The molecule has 3 aromatic heterocycles. The molecule has 3 amide bonds. The van der Waals surface area contributed by atoms with Crippen LogP contribution in [0.25, 0.3) is 32.0 Å². The van der Waals surface area contributed by atoms with Crippen molar-refractivity contribution in [1.82, 2.24) is 20.3 Å². The second-order valence-corrected chi connectivity index (χ2v) is 19.8. The summed E-state index contributed by atoms with van der Waals surface area (Å²) in [7, 11) is 3.11. The summed E-state index contributed by atoms with van der Waals surface area (Å²) in [6, 6.07) is 23.9. The first kappa shape index (κ1) is 53.4. The first-order valence-corrected chi connectivity index (χ1v) is 26.4. The minimum atomic E-state index is -2.40. The molecule has 23 heteroatoms. The highest BCUT2D eigenvalue weighted by Crippen LogP contribution is 2.40. The van der Waals surface area contributed by atoms with Crippen LogP contribution in [0.15, 0.2) is 89.1 Å². The van der Waals surface area contributed by atoms with Crippen LogP contribution < -0.4 is 24.8 Å². The van der Waals surface area contributed by atoms with E-state index in [1.54, 1.807) is 40.1 Å². The van der Waals surface area contributed by atoms with Crippen LogP contribution in [-0.4, -0.2) is 98.1 Å². The van der Waals surface area contributed by atoms with Crippen LogP contribution in [0.4, 0.5) is 49.8 Å². The average Bonchev–Trinajstić information content (AvgIpc) is 4.51. The lowest BCUT2D eigenvalue weighted by Gasteiger charge is -2.19. The van der Waals surface area contributed by atoms with Gasteiger partial charge in [-0.15, -0.1) is 10.2 Å². The molecule has 17 nitrogen and oxygen atoms in total. The molecule has 0 radical (unpaired) electrons. The average molecular weight is 1120 g/mol. The van der Waals surface area contributed by atoms with E-state index in [1.807, 2.05) is 60.5 Å². The molecule has 0 bridgehead atoms. The number of ether oxygens (including phenoxy) is 2. The minimum absolute atomic E-state index is 0.0342. The number of H-pyrrole nitrogens is 2. The summed E-state index contributed by atoms with van der Waals surface area (Å²) in [4.78, 5) is 81.9. The predicted molar refractivity (Wildman–Crippen MR) is 292 cm³/mol. The molecule has 80 heavy (non-hydrogen) atoms. The molecular weight excluding hydrogens is 1070 g/mol. The highest BCUT2D eigenvalue weighted by atomic mass is 32.1. The van der Waals surface area contributed by atoms with Gasteiger partial charge in [0.1, 0.15) is 11.4 Å². The van der Waals surface area contributed by atoms with Crippen molar-refractivity contribution < 1.29 is 61.9 Å². The Balaban J connectivity index is 0.00000264. The molecule has 0 fully saturated rings. The van der Waals surface area contributed by atoms with Gasteiger partial charge in [-0.25, -0.2) is 18.2 Å². The number of thiazole rings is 1. The van der Waals surface area contributed by atoms with E-state index >= 15 is 0 Å². The fraction of sp³-hybridized carbons (Fsp3) is 0.298. The lowest BCUT2D eigenvalue weighted by molar-refractivity contribution is -0.147. The number of aromatic amines is 2. The number of halogens is 5. The number of hydrogen-bond donors (Lipinski definition) is 4. The summed E-state index contributed by atoms with van der Waals surface area (Å²) in [6.45, 7) is 2.36. The van der Waals surface area contributed by atoms with E-state index in [0.717, 1.165) is 80.4 Å². The third-order valence-corrected chi connectivity index (χ3v) is 14.6.